The third kappa shape index (κ3) is 3.64. The molecule has 1 aliphatic rings. The number of methoxy groups -OCH3 is 2. The molecule has 1 heterocycles. The summed E-state index contributed by atoms with van der Waals surface area (Å²) in [6.07, 6.45) is 6.36. The van der Waals surface area contributed by atoms with Gasteiger partial charge in [0, 0.05) is 12.1 Å². The maximum atomic E-state index is 11.7. The number of hydrogen-bond donors (Lipinski definition) is 1. The topological polar surface area (TPSA) is 59.0 Å². The second-order valence-corrected chi connectivity index (χ2v) is 4.60. The highest BCUT2D eigenvalue weighted by Gasteiger charge is 2.19. The Kier molecular flexibility index (Phi) is 5.00. The van der Waals surface area contributed by atoms with Crippen molar-refractivity contribution in [3.05, 3.63) is 42.0 Å². The summed E-state index contributed by atoms with van der Waals surface area (Å²) in [5, 5.41) is 10.1. The van der Waals surface area contributed by atoms with Gasteiger partial charge in [0.1, 0.15) is 17.7 Å². The van der Waals surface area contributed by atoms with Crippen LogP contribution in [0.2, 0.25) is 0 Å². The van der Waals surface area contributed by atoms with E-state index in [4.69, 9.17) is 9.47 Å². The predicted molar refractivity (Wildman–Crippen MR) is 80.1 cm³/mol. The van der Waals surface area contributed by atoms with E-state index < -0.39 is 6.23 Å². The van der Waals surface area contributed by atoms with E-state index in [1.165, 1.54) is 11.0 Å². The molecule has 0 saturated heterocycles. The van der Waals surface area contributed by atoms with Crippen molar-refractivity contribution in [3.8, 4) is 11.5 Å². The fourth-order valence-electron chi connectivity index (χ4n) is 2.13. The van der Waals surface area contributed by atoms with Gasteiger partial charge >= 0.3 is 0 Å². The fraction of sp³-hybridized carbons (Fsp3) is 0.312. The van der Waals surface area contributed by atoms with Crippen LogP contribution in [0, 0.1) is 0 Å². The number of aliphatic hydroxyl groups excluding tert-OH is 1. The lowest BCUT2D eigenvalue weighted by atomic mass is 10.1. The average molecular weight is 289 g/mol. The molecule has 0 bridgehead atoms. The Morgan fingerprint density at radius 2 is 2.14 bits per heavy atom. The molecular formula is C16H19NO4. The summed E-state index contributed by atoms with van der Waals surface area (Å²) < 4.78 is 10.4. The molecule has 1 aliphatic heterocycles. The SMILES string of the molecule is COc1ccc(OC)c(/C=C/C(O)N2CCC=CC2=O)c1. The molecule has 112 valence electrons. The highest BCUT2D eigenvalue weighted by atomic mass is 16.5. The van der Waals surface area contributed by atoms with Gasteiger partial charge in [-0.2, -0.15) is 0 Å². The standard InChI is InChI=1S/C16H19NO4/c1-20-13-7-8-14(21-2)12(11-13)6-9-16(19)17-10-4-3-5-15(17)18/h3,5-9,11,16,19H,4,10H2,1-2H3/b9-6+. The quantitative estimate of drug-likeness (QED) is 0.898. The molecule has 1 aromatic carbocycles. The lowest BCUT2D eigenvalue weighted by molar-refractivity contribution is -0.133. The van der Waals surface area contributed by atoms with E-state index in [1.54, 1.807) is 50.6 Å². The number of aliphatic hydroxyl groups is 1. The summed E-state index contributed by atoms with van der Waals surface area (Å²) in [5.74, 6) is 1.18. The van der Waals surface area contributed by atoms with Crippen LogP contribution < -0.4 is 9.47 Å². The molecular weight excluding hydrogens is 270 g/mol. The van der Waals surface area contributed by atoms with Gasteiger partial charge in [-0.05, 0) is 36.8 Å². The van der Waals surface area contributed by atoms with Gasteiger partial charge in [-0.25, -0.2) is 0 Å². The van der Waals surface area contributed by atoms with E-state index in [0.29, 0.717) is 18.0 Å². The van der Waals surface area contributed by atoms with Gasteiger partial charge in [0.2, 0.25) is 5.91 Å². The van der Waals surface area contributed by atoms with E-state index in [0.717, 1.165) is 12.0 Å². The molecule has 0 aliphatic carbocycles. The Morgan fingerprint density at radius 3 is 2.81 bits per heavy atom. The Morgan fingerprint density at radius 1 is 1.33 bits per heavy atom. The van der Waals surface area contributed by atoms with Crippen LogP contribution >= 0.6 is 0 Å². The van der Waals surface area contributed by atoms with Gasteiger partial charge in [0.05, 0.1) is 14.2 Å². The molecule has 1 N–H and O–H groups in total. The molecule has 0 saturated carbocycles. The van der Waals surface area contributed by atoms with Crippen LogP contribution in [0.3, 0.4) is 0 Å². The van der Waals surface area contributed by atoms with E-state index in [2.05, 4.69) is 0 Å². The molecule has 0 fully saturated rings. The van der Waals surface area contributed by atoms with Crippen LogP contribution in [0.25, 0.3) is 6.08 Å². The van der Waals surface area contributed by atoms with Crippen molar-refractivity contribution in [1.82, 2.24) is 4.90 Å². The molecule has 1 aromatic rings. The monoisotopic (exact) mass is 289 g/mol. The van der Waals surface area contributed by atoms with Crippen LogP contribution in [0.1, 0.15) is 12.0 Å². The van der Waals surface area contributed by atoms with Gasteiger partial charge in [0.15, 0.2) is 0 Å². The van der Waals surface area contributed by atoms with Crippen LogP contribution in [-0.2, 0) is 4.79 Å². The van der Waals surface area contributed by atoms with Crippen molar-refractivity contribution >= 4 is 12.0 Å². The number of hydrogen-bond acceptors (Lipinski definition) is 4. The second kappa shape index (κ2) is 6.95. The molecule has 5 nitrogen and oxygen atoms in total. The van der Waals surface area contributed by atoms with Crippen LogP contribution in [-0.4, -0.2) is 42.9 Å². The third-order valence-corrected chi connectivity index (χ3v) is 3.28. The van der Waals surface area contributed by atoms with Crippen LogP contribution in [0.15, 0.2) is 36.4 Å². The molecule has 5 heteroatoms. The van der Waals surface area contributed by atoms with E-state index in [-0.39, 0.29) is 5.91 Å². The number of carbonyl (C=O) groups is 1. The maximum absolute atomic E-state index is 11.7. The highest BCUT2D eigenvalue weighted by molar-refractivity contribution is 5.88. The summed E-state index contributed by atoms with van der Waals surface area (Å²) in [5.41, 5.74) is 0.774. The van der Waals surface area contributed by atoms with Gasteiger partial charge < -0.3 is 19.5 Å². The predicted octanol–water partition coefficient (Wildman–Crippen LogP) is 1.82. The molecule has 0 radical (unpaired) electrons. The summed E-state index contributed by atoms with van der Waals surface area (Å²) in [4.78, 5) is 13.1. The molecule has 1 unspecified atom stereocenters. The first kappa shape index (κ1) is 15.1. The smallest absolute Gasteiger partial charge is 0.248 e. The Labute approximate surface area is 124 Å². The molecule has 0 spiro atoms. The van der Waals surface area contributed by atoms with Crippen molar-refractivity contribution in [2.24, 2.45) is 0 Å². The number of benzene rings is 1. The minimum atomic E-state index is -0.960. The summed E-state index contributed by atoms with van der Waals surface area (Å²) >= 11 is 0. The number of ether oxygens (including phenoxy) is 2. The Balaban J connectivity index is 2.16. The first-order valence-corrected chi connectivity index (χ1v) is 6.71. The normalized spacial score (nSPS) is 16.3. The van der Waals surface area contributed by atoms with Crippen LogP contribution in [0.4, 0.5) is 0 Å². The zero-order valence-corrected chi connectivity index (χ0v) is 12.2. The zero-order valence-electron chi connectivity index (χ0n) is 12.2. The second-order valence-electron chi connectivity index (χ2n) is 4.60. The number of carbonyl (C=O) groups excluding carboxylic acids is 1. The Bertz CT molecular complexity index is 565. The lowest BCUT2D eigenvalue weighted by Crippen LogP contribution is -2.40. The van der Waals surface area contributed by atoms with Gasteiger partial charge in [-0.1, -0.05) is 12.2 Å². The van der Waals surface area contributed by atoms with Crippen LogP contribution in [0.5, 0.6) is 11.5 Å². The minimum Gasteiger partial charge on any atom is -0.497 e. The van der Waals surface area contributed by atoms with Crippen molar-refractivity contribution in [2.75, 3.05) is 20.8 Å². The lowest BCUT2D eigenvalue weighted by Gasteiger charge is -2.26. The number of amides is 1. The van der Waals surface area contributed by atoms with Crippen molar-refractivity contribution in [2.45, 2.75) is 12.6 Å². The average Bonchev–Trinajstić information content (AvgIpc) is 2.52. The maximum Gasteiger partial charge on any atom is 0.248 e. The van der Waals surface area contributed by atoms with E-state index in [1.807, 2.05) is 0 Å². The fourth-order valence-corrected chi connectivity index (χ4v) is 2.13. The molecule has 2 rings (SSSR count). The zero-order chi connectivity index (χ0) is 15.2. The van der Waals surface area contributed by atoms with Gasteiger partial charge in [-0.15, -0.1) is 0 Å². The minimum absolute atomic E-state index is 0.184. The first-order chi connectivity index (χ1) is 10.2. The van der Waals surface area contributed by atoms with Crippen molar-refractivity contribution in [3.63, 3.8) is 0 Å². The van der Waals surface area contributed by atoms with Crippen molar-refractivity contribution in [1.29, 1.82) is 0 Å². The van der Waals surface area contributed by atoms with E-state index >= 15 is 0 Å². The summed E-state index contributed by atoms with van der Waals surface area (Å²) in [6, 6.07) is 5.39. The van der Waals surface area contributed by atoms with Crippen molar-refractivity contribution < 1.29 is 19.4 Å². The number of rotatable bonds is 5. The molecule has 0 aromatic heterocycles. The Hall–Kier alpha value is -2.27. The molecule has 1 amide bonds. The molecule has 1 atom stereocenters. The largest absolute Gasteiger partial charge is 0.497 e. The highest BCUT2D eigenvalue weighted by Crippen LogP contribution is 2.25. The number of nitrogens with zero attached hydrogens (tertiary/aromatic N) is 1. The van der Waals surface area contributed by atoms with Gasteiger partial charge in [-0.3, -0.25) is 4.79 Å². The first-order valence-electron chi connectivity index (χ1n) is 6.71. The summed E-state index contributed by atoms with van der Waals surface area (Å²) in [7, 11) is 3.16. The molecule has 21 heavy (non-hydrogen) atoms. The van der Waals surface area contributed by atoms with Gasteiger partial charge in [0.25, 0.3) is 0 Å². The van der Waals surface area contributed by atoms with E-state index in [9.17, 15) is 9.90 Å². The summed E-state index contributed by atoms with van der Waals surface area (Å²) in [6.45, 7) is 0.510. The third-order valence-electron chi connectivity index (χ3n) is 3.28.